The molecule has 0 bridgehead atoms. The summed E-state index contributed by atoms with van der Waals surface area (Å²) in [4.78, 5) is 19.9. The largest absolute Gasteiger partial charge is 0.479 e. The van der Waals surface area contributed by atoms with Crippen molar-refractivity contribution >= 4 is 11.9 Å². The lowest BCUT2D eigenvalue weighted by Gasteiger charge is -2.45. The average Bonchev–Trinajstić information content (AvgIpc) is 2.76. The average molecular weight is 672 g/mol. The Hall–Kier alpha value is -2.67. The molecule has 4 nitrogen and oxygen atoms in total. The zero-order valence-electron chi connectivity index (χ0n) is 17.5. The molecule has 0 spiro atoms. The first-order valence-electron chi connectivity index (χ1n) is 8.56. The van der Waals surface area contributed by atoms with Crippen LogP contribution in [0, 0.1) is 0 Å². The van der Waals surface area contributed by atoms with E-state index in [1.54, 1.807) is 0 Å². The van der Waals surface area contributed by atoms with Crippen LogP contribution in [0.25, 0.3) is 0 Å². The molecule has 0 aliphatic rings. The van der Waals surface area contributed by atoms with Gasteiger partial charge in [0, 0.05) is 0 Å². The summed E-state index contributed by atoms with van der Waals surface area (Å²) < 4.78 is 306. The highest BCUT2D eigenvalue weighted by Gasteiger charge is 2.99. The lowest BCUT2D eigenvalue weighted by atomic mass is 9.84. The van der Waals surface area contributed by atoms with Crippen LogP contribution in [0.1, 0.15) is 0 Å². The van der Waals surface area contributed by atoms with Crippen molar-refractivity contribution < 1.29 is 121 Å². The molecule has 41 heavy (non-hydrogen) atoms. The van der Waals surface area contributed by atoms with Gasteiger partial charge in [0.25, 0.3) is 6.17 Å². The molecule has 0 fully saturated rings. The molecule has 0 amide bonds. The Labute approximate surface area is 205 Å². The number of hydrogen-bond donors (Lipinski definition) is 2. The van der Waals surface area contributed by atoms with Crippen LogP contribution in [0.4, 0.5) is 101 Å². The van der Waals surface area contributed by atoms with E-state index in [9.17, 15) is 111 Å². The van der Waals surface area contributed by atoms with Gasteiger partial charge in [-0.1, -0.05) is 0 Å². The second-order valence-electron chi connectivity index (χ2n) is 7.37. The third kappa shape index (κ3) is 4.36. The minimum atomic E-state index is -9.61. The third-order valence-electron chi connectivity index (χ3n) is 4.77. The fraction of sp³-hybridized carbons (Fsp3) is 0.857. The van der Waals surface area contributed by atoms with E-state index >= 15 is 0 Å². The molecule has 0 aliphatic carbocycles. The maximum absolute atomic E-state index is 13.6. The SMILES string of the molecule is O=C(O)C(F)C(F)(F)C(F)(F)C(F)(F)C(F)(F)C(F)(F)C(F)(F)C(F)(F)C(F)(F)C(F)(F)C(F)(F)C(F)(F)C(=O)O. The molecule has 0 aromatic rings. The molecule has 0 aromatic carbocycles. The van der Waals surface area contributed by atoms with Gasteiger partial charge in [-0.05, 0) is 0 Å². The van der Waals surface area contributed by atoms with Gasteiger partial charge in [0.2, 0.25) is 0 Å². The van der Waals surface area contributed by atoms with E-state index in [0.717, 1.165) is 0 Å². The lowest BCUT2D eigenvalue weighted by Crippen LogP contribution is -2.78. The summed E-state index contributed by atoms with van der Waals surface area (Å²) in [5, 5.41) is 15.4. The molecule has 2 N–H and O–H groups in total. The van der Waals surface area contributed by atoms with Crippen LogP contribution in [0.5, 0.6) is 0 Å². The van der Waals surface area contributed by atoms with Gasteiger partial charge in [0.1, 0.15) is 0 Å². The van der Waals surface area contributed by atoms with Crippen molar-refractivity contribution in [2.45, 2.75) is 71.3 Å². The van der Waals surface area contributed by atoms with Crippen LogP contribution < -0.4 is 0 Å². The molecule has 0 radical (unpaired) electrons. The highest BCUT2D eigenvalue weighted by Crippen LogP contribution is 2.67. The Balaban J connectivity index is 7.37. The number of halogens is 23. The van der Waals surface area contributed by atoms with Crippen molar-refractivity contribution in [2.75, 3.05) is 0 Å². The lowest BCUT2D eigenvalue weighted by molar-refractivity contribution is -0.474. The Morgan fingerprint density at radius 1 is 0.390 bits per heavy atom. The van der Waals surface area contributed by atoms with Crippen LogP contribution in [-0.2, 0) is 9.59 Å². The summed E-state index contributed by atoms with van der Waals surface area (Å²) >= 11 is 0. The van der Waals surface area contributed by atoms with E-state index in [4.69, 9.17) is 10.2 Å². The van der Waals surface area contributed by atoms with Crippen LogP contribution >= 0.6 is 0 Å². The highest BCUT2D eigenvalue weighted by molar-refractivity contribution is 5.77. The molecule has 0 aliphatic heterocycles. The number of rotatable bonds is 13. The molecule has 27 heteroatoms. The van der Waals surface area contributed by atoms with Gasteiger partial charge in [-0.2, -0.15) is 96.6 Å². The fourth-order valence-electron chi connectivity index (χ4n) is 2.24. The number of hydrogen-bond acceptors (Lipinski definition) is 2. The quantitative estimate of drug-likeness (QED) is 0.220. The maximum atomic E-state index is 13.6. The Kier molecular flexibility index (Phi) is 8.80. The summed E-state index contributed by atoms with van der Waals surface area (Å²) in [6.07, 6.45) is -5.85. The summed E-state index contributed by atoms with van der Waals surface area (Å²) in [6.45, 7) is 0. The predicted molar refractivity (Wildman–Crippen MR) is 74.6 cm³/mol. The zero-order chi connectivity index (χ0) is 34.2. The van der Waals surface area contributed by atoms with Gasteiger partial charge in [0.05, 0.1) is 0 Å². The van der Waals surface area contributed by atoms with E-state index in [1.165, 1.54) is 0 Å². The Bertz CT molecular complexity index is 1030. The number of carbonyl (C=O) groups is 2. The number of carboxylic acid groups (broad SMARTS) is 2. The summed E-state index contributed by atoms with van der Waals surface area (Å²) in [6, 6.07) is 0. The first-order chi connectivity index (χ1) is 17.3. The van der Waals surface area contributed by atoms with Crippen LogP contribution in [0.15, 0.2) is 0 Å². The first kappa shape index (κ1) is 38.3. The highest BCUT2D eigenvalue weighted by atomic mass is 19.4. The molecule has 0 saturated heterocycles. The molecule has 1 atom stereocenters. The van der Waals surface area contributed by atoms with E-state index < -0.39 is 83.3 Å². The van der Waals surface area contributed by atoms with E-state index in [2.05, 4.69) is 0 Å². The van der Waals surface area contributed by atoms with Crippen molar-refractivity contribution in [1.29, 1.82) is 0 Å². The van der Waals surface area contributed by atoms with Crippen molar-refractivity contribution in [2.24, 2.45) is 0 Å². The van der Waals surface area contributed by atoms with E-state index in [1.807, 2.05) is 0 Å². The Morgan fingerprint density at radius 2 is 0.585 bits per heavy atom. The molecule has 0 aromatic heterocycles. The summed E-state index contributed by atoms with van der Waals surface area (Å²) in [7, 11) is 0. The monoisotopic (exact) mass is 672 g/mol. The molecular formula is C14H3F23O4. The zero-order valence-corrected chi connectivity index (χ0v) is 17.5. The summed E-state index contributed by atoms with van der Waals surface area (Å²) in [5.41, 5.74) is 0. The van der Waals surface area contributed by atoms with Gasteiger partial charge in [-0.15, -0.1) is 0 Å². The standard InChI is InChI=1S/C14H3F23O4/c15-1(2(38)39)4(16,17)6(20,21)8(24,25)10(28,29)12(32,33)14(36,37)13(34,35)11(30,31)9(26,27)7(22,23)5(18,19)3(40)41/h1H,(H,38,39)(H,40,41). The third-order valence-corrected chi connectivity index (χ3v) is 4.77. The minimum Gasteiger partial charge on any atom is -0.479 e. The topological polar surface area (TPSA) is 74.6 Å². The van der Waals surface area contributed by atoms with Gasteiger partial charge < -0.3 is 10.2 Å². The summed E-state index contributed by atoms with van der Waals surface area (Å²) in [5.74, 6) is -108. The van der Waals surface area contributed by atoms with E-state index in [-0.39, 0.29) is 0 Å². The molecule has 0 heterocycles. The number of alkyl halides is 23. The van der Waals surface area contributed by atoms with Crippen LogP contribution in [0.3, 0.4) is 0 Å². The van der Waals surface area contributed by atoms with Gasteiger partial charge in [0.15, 0.2) is 0 Å². The first-order valence-corrected chi connectivity index (χ1v) is 8.56. The van der Waals surface area contributed by atoms with Crippen molar-refractivity contribution in [3.05, 3.63) is 0 Å². The van der Waals surface area contributed by atoms with Crippen molar-refractivity contribution in [3.8, 4) is 0 Å². The van der Waals surface area contributed by atoms with Crippen LogP contribution in [0.2, 0.25) is 0 Å². The fourth-order valence-corrected chi connectivity index (χ4v) is 2.24. The van der Waals surface area contributed by atoms with Gasteiger partial charge in [-0.3, -0.25) is 0 Å². The van der Waals surface area contributed by atoms with Gasteiger partial charge in [-0.25, -0.2) is 14.0 Å². The molecular weight excluding hydrogens is 669 g/mol. The molecule has 1 unspecified atom stereocenters. The second kappa shape index (κ2) is 9.42. The van der Waals surface area contributed by atoms with Crippen molar-refractivity contribution in [3.63, 3.8) is 0 Å². The Morgan fingerprint density at radius 3 is 0.780 bits per heavy atom. The molecule has 244 valence electrons. The second-order valence-corrected chi connectivity index (χ2v) is 7.37. The number of aliphatic carboxylic acids is 2. The molecule has 0 rings (SSSR count). The molecule has 0 saturated carbocycles. The smallest absolute Gasteiger partial charge is 0.410 e. The van der Waals surface area contributed by atoms with Crippen molar-refractivity contribution in [1.82, 2.24) is 0 Å². The minimum absolute atomic E-state index is 4.00. The normalized spacial score (nSPS) is 17.0. The van der Waals surface area contributed by atoms with E-state index in [0.29, 0.717) is 0 Å². The van der Waals surface area contributed by atoms with Crippen LogP contribution in [-0.4, -0.2) is 93.5 Å². The predicted octanol–water partition coefficient (Wildman–Crippen LogP) is 6.48. The number of carboxylic acids is 2. The van der Waals surface area contributed by atoms with Gasteiger partial charge >= 0.3 is 77.1 Å². The maximum Gasteiger partial charge on any atom is 0.410 e.